The van der Waals surface area contributed by atoms with E-state index in [0.29, 0.717) is 12.0 Å². The van der Waals surface area contributed by atoms with Crippen LogP contribution in [0, 0.1) is 12.8 Å². The second kappa shape index (κ2) is 6.45. The van der Waals surface area contributed by atoms with Gasteiger partial charge in [-0.25, -0.2) is 9.36 Å². The summed E-state index contributed by atoms with van der Waals surface area (Å²) in [6, 6.07) is 0. The minimum atomic E-state index is -4.61. The van der Waals surface area contributed by atoms with Gasteiger partial charge in [-0.1, -0.05) is 0 Å². The lowest BCUT2D eigenvalue weighted by Crippen LogP contribution is -2.33. The monoisotopic (exact) mass is 335 g/mol. The highest BCUT2D eigenvalue weighted by Gasteiger charge is 2.37. The van der Waals surface area contributed by atoms with Crippen LogP contribution in [0.1, 0.15) is 18.2 Å². The number of nitrogens with zero attached hydrogens (tertiary/aromatic N) is 1. The normalized spacial score (nSPS) is 25.5. The van der Waals surface area contributed by atoms with Gasteiger partial charge in [0.1, 0.15) is 6.23 Å². The number of H-pyrrole nitrogens is 1. The Morgan fingerprint density at radius 2 is 2.23 bits per heavy atom. The lowest BCUT2D eigenvalue weighted by atomic mass is 10.0. The maximum absolute atomic E-state index is 11.8. The maximum Gasteiger partial charge on any atom is 0.469 e. The van der Waals surface area contributed by atoms with E-state index in [1.165, 1.54) is 10.8 Å². The number of rotatable bonds is 5. The second-order valence-electron chi connectivity index (χ2n) is 5.13. The molecule has 0 amide bonds. The zero-order chi connectivity index (χ0) is 16.5. The van der Waals surface area contributed by atoms with Gasteiger partial charge in [0.25, 0.3) is 5.56 Å². The molecule has 10 nitrogen and oxygen atoms in total. The molecule has 11 heteroatoms. The molecular weight excluding hydrogens is 317 g/mol. The fraction of sp³-hybridized carbons (Fsp3) is 0.636. The molecule has 0 unspecified atom stereocenters. The molecule has 1 fully saturated rings. The van der Waals surface area contributed by atoms with E-state index in [1.54, 1.807) is 6.92 Å². The Bertz CT molecular complexity index is 694. The molecule has 0 saturated carbocycles. The number of aromatic amines is 1. The Morgan fingerprint density at radius 1 is 1.55 bits per heavy atom. The minimum absolute atomic E-state index is 0.211. The minimum Gasteiger partial charge on any atom is -0.352 e. The van der Waals surface area contributed by atoms with E-state index in [9.17, 15) is 14.2 Å². The van der Waals surface area contributed by atoms with E-state index >= 15 is 0 Å². The largest absolute Gasteiger partial charge is 0.469 e. The number of aromatic nitrogens is 2. The van der Waals surface area contributed by atoms with Crippen molar-refractivity contribution in [2.75, 3.05) is 13.2 Å². The van der Waals surface area contributed by atoms with Crippen molar-refractivity contribution in [3.63, 3.8) is 0 Å². The van der Waals surface area contributed by atoms with Gasteiger partial charge >= 0.3 is 13.5 Å². The number of hydrogen-bond acceptors (Lipinski definition) is 6. The van der Waals surface area contributed by atoms with E-state index in [2.05, 4.69) is 9.51 Å². The van der Waals surface area contributed by atoms with E-state index in [0.717, 1.165) is 0 Å². The molecule has 22 heavy (non-hydrogen) atoms. The molecule has 0 spiro atoms. The summed E-state index contributed by atoms with van der Waals surface area (Å²) in [5, 5.41) is 0. The Kier molecular flexibility index (Phi) is 5.00. The molecule has 2 heterocycles. The first-order chi connectivity index (χ1) is 10.2. The van der Waals surface area contributed by atoms with Crippen LogP contribution in [0.15, 0.2) is 15.8 Å². The summed E-state index contributed by atoms with van der Waals surface area (Å²) >= 11 is 0. The van der Waals surface area contributed by atoms with Crippen molar-refractivity contribution in [2.45, 2.75) is 25.7 Å². The zero-order valence-corrected chi connectivity index (χ0v) is 12.7. The summed E-state index contributed by atoms with van der Waals surface area (Å²) < 4.78 is 22.1. The summed E-state index contributed by atoms with van der Waals surface area (Å²) in [7, 11) is -4.61. The first-order valence-corrected chi connectivity index (χ1v) is 8.12. The summed E-state index contributed by atoms with van der Waals surface area (Å²) in [6.45, 7) is 1.43. The Balaban J connectivity index is 2.18. The second-order valence-corrected chi connectivity index (χ2v) is 6.37. The summed E-state index contributed by atoms with van der Waals surface area (Å²) in [4.78, 5) is 42.9. The highest BCUT2D eigenvalue weighted by molar-refractivity contribution is 7.46. The van der Waals surface area contributed by atoms with Crippen LogP contribution < -0.4 is 17.0 Å². The topological polar surface area (TPSA) is 157 Å². The van der Waals surface area contributed by atoms with E-state index in [4.69, 9.17) is 20.3 Å². The van der Waals surface area contributed by atoms with Crippen molar-refractivity contribution in [3.05, 3.63) is 32.6 Å². The number of ether oxygens (including phenoxy) is 1. The molecule has 1 aliphatic heterocycles. The number of phosphoric acid groups is 1. The summed E-state index contributed by atoms with van der Waals surface area (Å²) in [6.07, 6.45) is 0.423. The molecule has 1 saturated heterocycles. The number of aryl methyl sites for hydroxylation is 1. The van der Waals surface area contributed by atoms with Gasteiger partial charge < -0.3 is 20.3 Å². The number of phosphoric ester groups is 1. The number of nitrogens with two attached hydrogens (primary N) is 1. The first kappa shape index (κ1) is 17.1. The average Bonchev–Trinajstić information content (AvgIpc) is 2.83. The van der Waals surface area contributed by atoms with Crippen molar-refractivity contribution < 1.29 is 23.6 Å². The van der Waals surface area contributed by atoms with Crippen molar-refractivity contribution in [1.82, 2.24) is 9.55 Å². The Morgan fingerprint density at radius 3 is 2.82 bits per heavy atom. The highest BCUT2D eigenvalue weighted by Crippen LogP contribution is 2.39. The van der Waals surface area contributed by atoms with Gasteiger partial charge in [0, 0.05) is 17.7 Å². The number of hydrogen-bond donors (Lipinski definition) is 4. The molecule has 5 N–H and O–H groups in total. The standard InChI is InChI=1S/C11H18N3O7P/c1-6-4-14(11(16)13-10(6)15)9-2-7(3-12)8(21-9)5-20-22(17,18)19/h4,7-9H,2-3,5,12H2,1H3,(H,13,15,16)(H2,17,18,19)/t7-,8-,9-/m1/s1. The molecule has 2 rings (SSSR count). The summed E-state index contributed by atoms with van der Waals surface area (Å²) in [5.41, 5.74) is 4.88. The number of nitrogens with one attached hydrogen (secondary N) is 1. The van der Waals surface area contributed by atoms with Crippen molar-refractivity contribution in [3.8, 4) is 0 Å². The third-order valence-corrected chi connectivity index (χ3v) is 4.01. The highest BCUT2D eigenvalue weighted by atomic mass is 31.2. The molecule has 0 bridgehead atoms. The fourth-order valence-corrected chi connectivity index (χ4v) is 2.69. The van der Waals surface area contributed by atoms with Crippen LogP contribution in [-0.2, 0) is 13.8 Å². The smallest absolute Gasteiger partial charge is 0.352 e. The van der Waals surface area contributed by atoms with Crippen molar-refractivity contribution in [2.24, 2.45) is 11.7 Å². The quantitative estimate of drug-likeness (QED) is 0.490. The molecular formula is C11H18N3O7P. The van der Waals surface area contributed by atoms with E-state index in [-0.39, 0.29) is 19.1 Å². The van der Waals surface area contributed by atoms with Crippen LogP contribution in [0.3, 0.4) is 0 Å². The zero-order valence-electron chi connectivity index (χ0n) is 11.8. The van der Waals surface area contributed by atoms with Crippen LogP contribution in [0.25, 0.3) is 0 Å². The van der Waals surface area contributed by atoms with Crippen molar-refractivity contribution in [1.29, 1.82) is 0 Å². The Labute approximate surface area is 125 Å². The van der Waals surface area contributed by atoms with E-state index in [1.807, 2.05) is 0 Å². The fourth-order valence-electron chi connectivity index (χ4n) is 2.35. The third-order valence-electron chi connectivity index (χ3n) is 3.53. The molecule has 1 aromatic rings. The van der Waals surface area contributed by atoms with Crippen LogP contribution >= 0.6 is 7.82 Å². The van der Waals surface area contributed by atoms with Gasteiger partial charge in [0.05, 0.1) is 12.7 Å². The first-order valence-electron chi connectivity index (χ1n) is 6.59. The average molecular weight is 335 g/mol. The van der Waals surface area contributed by atoms with Gasteiger partial charge in [0.2, 0.25) is 0 Å². The van der Waals surface area contributed by atoms with Gasteiger partial charge in [-0.2, -0.15) is 0 Å². The van der Waals surface area contributed by atoms with Crippen molar-refractivity contribution >= 4 is 7.82 Å². The SMILES string of the molecule is Cc1cn([C@H]2C[C@H](CN)[C@@H](COP(=O)(O)O)O2)c(=O)[nH]c1=O. The summed E-state index contributed by atoms with van der Waals surface area (Å²) in [5.74, 6) is -0.226. The van der Waals surface area contributed by atoms with Gasteiger partial charge in [-0.05, 0) is 19.9 Å². The molecule has 1 aromatic heterocycles. The van der Waals surface area contributed by atoms with Crippen LogP contribution in [0.4, 0.5) is 0 Å². The van der Waals surface area contributed by atoms with Crippen LogP contribution in [-0.4, -0.2) is 38.6 Å². The lowest BCUT2D eigenvalue weighted by Gasteiger charge is -2.17. The molecule has 0 aromatic carbocycles. The van der Waals surface area contributed by atoms with Gasteiger partial charge in [0.15, 0.2) is 0 Å². The van der Waals surface area contributed by atoms with Crippen LogP contribution in [0.2, 0.25) is 0 Å². The predicted molar refractivity (Wildman–Crippen MR) is 75.1 cm³/mol. The van der Waals surface area contributed by atoms with Gasteiger partial charge in [-0.3, -0.25) is 18.9 Å². The molecule has 3 atom stereocenters. The maximum atomic E-state index is 11.8. The van der Waals surface area contributed by atoms with E-state index < -0.39 is 31.4 Å². The van der Waals surface area contributed by atoms with Crippen LogP contribution in [0.5, 0.6) is 0 Å². The molecule has 1 aliphatic rings. The molecule has 124 valence electrons. The predicted octanol–water partition coefficient (Wildman–Crippen LogP) is -1.18. The lowest BCUT2D eigenvalue weighted by molar-refractivity contribution is -0.0315. The molecule has 0 aliphatic carbocycles. The molecule has 0 radical (unpaired) electrons. The Hall–Kier alpha value is -1.29. The van der Waals surface area contributed by atoms with Gasteiger partial charge in [-0.15, -0.1) is 0 Å². The third kappa shape index (κ3) is 3.92.